The molecule has 3 fully saturated rings. The molecule has 8 nitrogen and oxygen atoms in total. The number of nitrogens with zero attached hydrogens (tertiary/aromatic N) is 3. The third kappa shape index (κ3) is 12.9. The summed E-state index contributed by atoms with van der Waals surface area (Å²) in [5, 5.41) is 0. The number of hydrogen-bond donors (Lipinski definition) is 0. The molecule has 3 saturated heterocycles. The van der Waals surface area contributed by atoms with Crippen molar-refractivity contribution < 1.29 is 23.7 Å². The van der Waals surface area contributed by atoms with Crippen molar-refractivity contribution in [3.8, 4) is 0 Å². The Balaban J connectivity index is 0.000000658. The Hall–Kier alpha value is -1.87. The van der Waals surface area contributed by atoms with Crippen molar-refractivity contribution in [3.05, 3.63) is 35.8 Å². The molecule has 3 aliphatic heterocycles. The minimum Gasteiger partial charge on any atom is -0.454 e. The summed E-state index contributed by atoms with van der Waals surface area (Å²) >= 11 is 0. The first-order valence-corrected chi connectivity index (χ1v) is 15.1. The van der Waals surface area contributed by atoms with Crippen LogP contribution < -0.4 is 0 Å². The fourth-order valence-electron chi connectivity index (χ4n) is 4.90. The van der Waals surface area contributed by atoms with Crippen molar-refractivity contribution in [2.75, 3.05) is 66.8 Å². The maximum atomic E-state index is 13.2. The summed E-state index contributed by atoms with van der Waals surface area (Å²) in [4.78, 5) is 19.9. The molecule has 0 radical (unpaired) electrons. The van der Waals surface area contributed by atoms with Gasteiger partial charge in [0.1, 0.15) is 0 Å². The van der Waals surface area contributed by atoms with E-state index in [1.54, 1.807) is 0 Å². The number of unbranched alkanes of at least 4 members (excludes halogenated alkanes) is 2. The number of rotatable bonds is 13. The van der Waals surface area contributed by atoms with Gasteiger partial charge in [-0.25, -0.2) is 0 Å². The standard InChI is InChI=1S/C26H45N3O3.C5H10O2/c1-6-8-17-28(18-10-9-16-27(4)5)26(30)20-29-19-23(15-14-22(29)3)12-11-13-25-24(7-2)31-21-32-25;1-2-5-6-3-4-7-5/h7,11-13,22-23H,6,8-10,14-21H2,1-5H3;5H,2-4H2,1H3/b12-11+,24-7+,25-13+;/t22-,23?;/m0./s1. The molecule has 1 unspecified atom stereocenters. The van der Waals surface area contributed by atoms with Crippen LogP contribution in [0.4, 0.5) is 0 Å². The molecule has 0 aromatic heterocycles. The summed E-state index contributed by atoms with van der Waals surface area (Å²) in [5.74, 6) is 2.34. The van der Waals surface area contributed by atoms with Crippen LogP contribution in [0.25, 0.3) is 0 Å². The Morgan fingerprint density at radius 2 is 1.69 bits per heavy atom. The first-order valence-electron chi connectivity index (χ1n) is 15.1. The summed E-state index contributed by atoms with van der Waals surface area (Å²) in [6, 6.07) is 0.449. The predicted molar refractivity (Wildman–Crippen MR) is 157 cm³/mol. The normalized spacial score (nSPS) is 24.3. The van der Waals surface area contributed by atoms with Crippen LogP contribution in [0, 0.1) is 5.92 Å². The number of amides is 1. The van der Waals surface area contributed by atoms with Gasteiger partial charge in [-0.1, -0.05) is 32.4 Å². The van der Waals surface area contributed by atoms with Gasteiger partial charge in [0.05, 0.1) is 19.8 Å². The molecule has 224 valence electrons. The summed E-state index contributed by atoms with van der Waals surface area (Å²) in [7, 11) is 4.21. The molecule has 8 heteroatoms. The van der Waals surface area contributed by atoms with E-state index in [0.717, 1.165) is 95.9 Å². The first-order chi connectivity index (χ1) is 18.9. The van der Waals surface area contributed by atoms with E-state index < -0.39 is 0 Å². The molecule has 1 amide bonds. The maximum Gasteiger partial charge on any atom is 0.236 e. The second kappa shape index (κ2) is 19.2. The SMILES string of the molecule is C/C=C1/OCO/C1=C/C=C/C1CC[C@H](C)N(CC(=O)N(CCCC)CCCCN(C)C)C1.CCC1OCCO1. The fraction of sp³-hybridized carbons (Fsp3) is 0.774. The van der Waals surface area contributed by atoms with E-state index in [2.05, 4.69) is 61.7 Å². The average Bonchev–Trinajstić information content (AvgIpc) is 3.62. The lowest BCUT2D eigenvalue weighted by molar-refractivity contribution is -0.133. The molecule has 0 saturated carbocycles. The zero-order valence-corrected chi connectivity index (χ0v) is 25.5. The molecule has 39 heavy (non-hydrogen) atoms. The summed E-state index contributed by atoms with van der Waals surface area (Å²) < 4.78 is 21.1. The largest absolute Gasteiger partial charge is 0.454 e. The van der Waals surface area contributed by atoms with Crippen LogP contribution in [0.2, 0.25) is 0 Å². The molecule has 0 aromatic rings. The summed E-state index contributed by atoms with van der Waals surface area (Å²) in [5.41, 5.74) is 0. The number of carbonyl (C=O) groups excluding carboxylic acids is 1. The third-order valence-corrected chi connectivity index (χ3v) is 7.39. The number of allylic oxidation sites excluding steroid dienone is 3. The van der Waals surface area contributed by atoms with Crippen molar-refractivity contribution >= 4 is 5.91 Å². The van der Waals surface area contributed by atoms with Gasteiger partial charge in [0.15, 0.2) is 17.8 Å². The molecule has 0 spiro atoms. The monoisotopic (exact) mass is 549 g/mol. The minimum atomic E-state index is 0.0972. The van der Waals surface area contributed by atoms with E-state index in [1.165, 1.54) is 0 Å². The van der Waals surface area contributed by atoms with Gasteiger partial charge in [-0.3, -0.25) is 9.69 Å². The van der Waals surface area contributed by atoms with E-state index in [4.69, 9.17) is 18.9 Å². The Bertz CT molecular complexity index is 776. The molecule has 0 N–H and O–H groups in total. The molecule has 3 heterocycles. The zero-order valence-electron chi connectivity index (χ0n) is 25.5. The van der Waals surface area contributed by atoms with Gasteiger partial charge >= 0.3 is 0 Å². The van der Waals surface area contributed by atoms with E-state index in [0.29, 0.717) is 25.3 Å². The molecule has 3 aliphatic rings. The van der Waals surface area contributed by atoms with Crippen LogP contribution in [0.5, 0.6) is 0 Å². The molecule has 0 aromatic carbocycles. The van der Waals surface area contributed by atoms with Crippen molar-refractivity contribution in [2.45, 2.75) is 85.0 Å². The van der Waals surface area contributed by atoms with E-state index in [9.17, 15) is 4.79 Å². The van der Waals surface area contributed by atoms with Gasteiger partial charge in [0.25, 0.3) is 0 Å². The molecule has 0 aliphatic carbocycles. The highest BCUT2D eigenvalue weighted by Crippen LogP contribution is 2.24. The Morgan fingerprint density at radius 3 is 2.33 bits per heavy atom. The Morgan fingerprint density at radius 1 is 1.00 bits per heavy atom. The minimum absolute atomic E-state index is 0.0972. The highest BCUT2D eigenvalue weighted by molar-refractivity contribution is 5.78. The van der Waals surface area contributed by atoms with Gasteiger partial charge in [-0.2, -0.15) is 0 Å². The van der Waals surface area contributed by atoms with Crippen LogP contribution in [-0.2, 0) is 23.7 Å². The zero-order chi connectivity index (χ0) is 28.5. The number of carbonyl (C=O) groups is 1. The number of likely N-dealkylation sites (tertiary alicyclic amines) is 1. The lowest BCUT2D eigenvalue weighted by atomic mass is 9.93. The van der Waals surface area contributed by atoms with Crippen LogP contribution in [0.15, 0.2) is 35.8 Å². The predicted octanol–water partition coefficient (Wildman–Crippen LogP) is 5.17. The third-order valence-electron chi connectivity index (χ3n) is 7.39. The first kappa shape index (κ1) is 33.3. The van der Waals surface area contributed by atoms with E-state index >= 15 is 0 Å². The number of ether oxygens (including phenoxy) is 4. The van der Waals surface area contributed by atoms with Crippen molar-refractivity contribution in [3.63, 3.8) is 0 Å². The van der Waals surface area contributed by atoms with Crippen LogP contribution >= 0.6 is 0 Å². The second-order valence-corrected chi connectivity index (χ2v) is 10.9. The Kier molecular flexibility index (Phi) is 16.5. The second-order valence-electron chi connectivity index (χ2n) is 10.9. The fourth-order valence-corrected chi connectivity index (χ4v) is 4.90. The maximum absolute atomic E-state index is 13.2. The quantitative estimate of drug-likeness (QED) is 0.294. The van der Waals surface area contributed by atoms with Crippen molar-refractivity contribution in [1.29, 1.82) is 0 Å². The highest BCUT2D eigenvalue weighted by Gasteiger charge is 2.27. The van der Waals surface area contributed by atoms with Crippen molar-refractivity contribution in [2.24, 2.45) is 5.92 Å². The van der Waals surface area contributed by atoms with Gasteiger partial charge in [-0.15, -0.1) is 0 Å². The van der Waals surface area contributed by atoms with Crippen LogP contribution in [-0.4, -0.2) is 99.8 Å². The Labute approximate surface area is 238 Å². The van der Waals surface area contributed by atoms with Gasteiger partial charge in [-0.05, 0) is 91.1 Å². The number of piperidine rings is 1. The molecular formula is C31H55N3O5. The van der Waals surface area contributed by atoms with E-state index in [1.807, 2.05) is 19.1 Å². The summed E-state index contributed by atoms with van der Waals surface area (Å²) in [6.45, 7) is 14.6. The number of hydrogen-bond acceptors (Lipinski definition) is 7. The molecule has 2 atom stereocenters. The average molecular weight is 550 g/mol. The van der Waals surface area contributed by atoms with Crippen molar-refractivity contribution in [1.82, 2.24) is 14.7 Å². The van der Waals surface area contributed by atoms with E-state index in [-0.39, 0.29) is 12.2 Å². The highest BCUT2D eigenvalue weighted by atomic mass is 16.7. The lowest BCUT2D eigenvalue weighted by Crippen LogP contribution is -2.48. The van der Waals surface area contributed by atoms with Crippen LogP contribution in [0.1, 0.15) is 72.6 Å². The lowest BCUT2D eigenvalue weighted by Gasteiger charge is -2.37. The smallest absolute Gasteiger partial charge is 0.236 e. The molecule has 0 bridgehead atoms. The van der Waals surface area contributed by atoms with Gasteiger partial charge in [0.2, 0.25) is 12.7 Å². The topological polar surface area (TPSA) is 63.7 Å². The molecule has 3 rings (SSSR count). The van der Waals surface area contributed by atoms with Gasteiger partial charge < -0.3 is 28.7 Å². The molecular weight excluding hydrogens is 494 g/mol. The van der Waals surface area contributed by atoms with Crippen LogP contribution in [0.3, 0.4) is 0 Å². The summed E-state index contributed by atoms with van der Waals surface area (Å²) in [6.07, 6.45) is 16.0. The van der Waals surface area contributed by atoms with Gasteiger partial charge in [0, 0.05) is 25.7 Å².